The Morgan fingerprint density at radius 2 is 1.09 bits per heavy atom. The summed E-state index contributed by atoms with van der Waals surface area (Å²) in [4.78, 5) is 4.60. The molecule has 0 aromatic heterocycles. The number of hydrogen-bond acceptors (Lipinski definition) is 2. The molecule has 0 heterocycles. The lowest BCUT2D eigenvalue weighted by Crippen LogP contribution is -2.19. The zero-order chi connectivity index (χ0) is 38.4. The number of para-hydroxylation sites is 1. The molecule has 0 atom stereocenters. The Hall–Kier alpha value is -7.16. The minimum Gasteiger partial charge on any atom is -0.311 e. The molecule has 0 amide bonds. The molecule has 0 aliphatic heterocycles. The van der Waals surface area contributed by atoms with Crippen LogP contribution in [-0.4, -0.2) is 0 Å². The van der Waals surface area contributed by atoms with Crippen LogP contribution in [0, 0.1) is 0 Å². The Morgan fingerprint density at radius 1 is 0.482 bits per heavy atom. The average molecular weight is 721 g/mol. The molecule has 0 aliphatic rings. The summed E-state index contributed by atoms with van der Waals surface area (Å²) in [5.41, 5.74) is 8.79. The topological polar surface area (TPSA) is 6.48 Å². The van der Waals surface area contributed by atoms with Gasteiger partial charge in [0.25, 0.3) is 0 Å². The summed E-state index contributed by atoms with van der Waals surface area (Å²) in [7, 11) is 0. The normalized spacial score (nSPS) is 12.3. The van der Waals surface area contributed by atoms with E-state index in [0.717, 1.165) is 39.7 Å². The zero-order valence-electron chi connectivity index (χ0n) is 31.9. The third-order valence-corrected chi connectivity index (χ3v) is 10.4. The monoisotopic (exact) mass is 720 g/mol. The molecule has 0 radical (unpaired) electrons. The zero-order valence-corrected chi connectivity index (χ0v) is 31.9. The van der Waals surface area contributed by atoms with Crippen LogP contribution in [0.25, 0.3) is 54.2 Å². The minimum absolute atomic E-state index is 0.980. The molecule has 0 fully saturated rings. The van der Waals surface area contributed by atoms with Gasteiger partial charge in [0.15, 0.2) is 0 Å². The second kappa shape index (κ2) is 16.1. The van der Waals surface area contributed by atoms with Crippen LogP contribution >= 0.6 is 0 Å². The molecule has 0 spiro atoms. The van der Waals surface area contributed by atoms with Crippen molar-refractivity contribution in [3.63, 3.8) is 0 Å². The number of rotatable bonds is 11. The van der Waals surface area contributed by atoms with Gasteiger partial charge in [0, 0.05) is 33.8 Å². The molecule has 0 N–H and O–H groups in total. The first-order chi connectivity index (χ1) is 27.6. The SMILES string of the molecule is C=C/C=C\C(=C/C)N(/C(C=C)=C/C=C\C)c1ccc(-c2ccc3c4ccc(N(c5ccccc5)c5cccc6ccccc56)cc4c4ccccc4c3c2)cc1. The minimum atomic E-state index is 0.980. The first-order valence-corrected chi connectivity index (χ1v) is 19.2. The number of benzene rings is 8. The van der Waals surface area contributed by atoms with Gasteiger partial charge in [-0.1, -0.05) is 153 Å². The number of allylic oxidation sites excluding steroid dienone is 8. The Balaban J connectivity index is 1.25. The van der Waals surface area contributed by atoms with E-state index in [9.17, 15) is 0 Å². The van der Waals surface area contributed by atoms with Crippen molar-refractivity contribution in [3.05, 3.63) is 231 Å². The largest absolute Gasteiger partial charge is 0.311 e. The third kappa shape index (κ3) is 6.74. The highest BCUT2D eigenvalue weighted by atomic mass is 15.2. The predicted octanol–water partition coefficient (Wildman–Crippen LogP) is 15.5. The molecule has 270 valence electrons. The Kier molecular flexibility index (Phi) is 10.3. The average Bonchev–Trinajstić information content (AvgIpc) is 3.26. The van der Waals surface area contributed by atoms with Crippen LogP contribution in [0.2, 0.25) is 0 Å². The highest BCUT2D eigenvalue weighted by Crippen LogP contribution is 2.43. The van der Waals surface area contributed by atoms with Gasteiger partial charge < -0.3 is 9.80 Å². The second-order valence-corrected chi connectivity index (χ2v) is 13.7. The van der Waals surface area contributed by atoms with Crippen molar-refractivity contribution in [3.8, 4) is 11.1 Å². The van der Waals surface area contributed by atoms with E-state index in [1.807, 2.05) is 31.2 Å². The summed E-state index contributed by atoms with van der Waals surface area (Å²) in [5.74, 6) is 0. The maximum absolute atomic E-state index is 4.13. The first kappa shape index (κ1) is 35.8. The van der Waals surface area contributed by atoms with E-state index in [2.05, 4.69) is 206 Å². The molecular weight excluding hydrogens is 677 g/mol. The highest BCUT2D eigenvalue weighted by molar-refractivity contribution is 6.26. The third-order valence-electron chi connectivity index (χ3n) is 10.4. The highest BCUT2D eigenvalue weighted by Gasteiger charge is 2.18. The molecule has 8 aromatic carbocycles. The van der Waals surface area contributed by atoms with E-state index in [1.165, 1.54) is 48.7 Å². The number of anilines is 4. The molecule has 0 saturated heterocycles. The second-order valence-electron chi connectivity index (χ2n) is 13.7. The van der Waals surface area contributed by atoms with Gasteiger partial charge in [-0.2, -0.15) is 0 Å². The first-order valence-electron chi connectivity index (χ1n) is 19.2. The fraction of sp³-hybridized carbons (Fsp3) is 0.0370. The van der Waals surface area contributed by atoms with Gasteiger partial charge in [-0.15, -0.1) is 0 Å². The van der Waals surface area contributed by atoms with Crippen molar-refractivity contribution in [2.45, 2.75) is 13.8 Å². The van der Waals surface area contributed by atoms with E-state index in [0.29, 0.717) is 0 Å². The molecule has 0 bridgehead atoms. The Labute approximate surface area is 330 Å². The maximum Gasteiger partial charge on any atom is 0.0540 e. The van der Waals surface area contributed by atoms with Gasteiger partial charge >= 0.3 is 0 Å². The molecule has 0 unspecified atom stereocenters. The van der Waals surface area contributed by atoms with Crippen LogP contribution in [0.5, 0.6) is 0 Å². The molecular formula is C54H44N2. The molecule has 2 heteroatoms. The molecule has 2 nitrogen and oxygen atoms in total. The molecule has 8 rings (SSSR count). The lowest BCUT2D eigenvalue weighted by atomic mass is 9.91. The Morgan fingerprint density at radius 3 is 1.79 bits per heavy atom. The van der Waals surface area contributed by atoms with Crippen molar-refractivity contribution in [1.29, 1.82) is 0 Å². The summed E-state index contributed by atoms with van der Waals surface area (Å²) in [6.45, 7) is 12.1. The van der Waals surface area contributed by atoms with Crippen LogP contribution < -0.4 is 9.80 Å². The van der Waals surface area contributed by atoms with Crippen molar-refractivity contribution in [2.24, 2.45) is 0 Å². The van der Waals surface area contributed by atoms with Gasteiger partial charge in [0.05, 0.1) is 5.69 Å². The van der Waals surface area contributed by atoms with Crippen molar-refractivity contribution in [2.75, 3.05) is 9.80 Å². The van der Waals surface area contributed by atoms with Gasteiger partial charge in [0.1, 0.15) is 0 Å². The van der Waals surface area contributed by atoms with E-state index < -0.39 is 0 Å². The standard InChI is InChI=1S/C54H44N2/c1-5-9-21-42(7-3)55(43(8-4)22-10-6-2)45-32-29-39(30-33-45)41-31-35-50-51-36-34-46(38-53(51)49-27-17-16-26-48(49)52(50)37-41)56(44-23-12-11-13-24-44)54-28-18-20-40-19-14-15-25-47(40)54/h5-38H,1,4H2,2-3H3/b10-6-,21-9-,42-7+,43-22+. The molecule has 0 aliphatic carbocycles. The van der Waals surface area contributed by atoms with Crippen molar-refractivity contribution < 1.29 is 0 Å². The quantitative estimate of drug-likeness (QED) is 0.0969. The molecule has 56 heavy (non-hydrogen) atoms. The van der Waals surface area contributed by atoms with Crippen LogP contribution in [-0.2, 0) is 0 Å². The fourth-order valence-corrected chi connectivity index (χ4v) is 7.82. The smallest absolute Gasteiger partial charge is 0.0540 e. The summed E-state index contributed by atoms with van der Waals surface area (Å²) < 4.78 is 0. The summed E-state index contributed by atoms with van der Waals surface area (Å²) >= 11 is 0. The van der Waals surface area contributed by atoms with Gasteiger partial charge in [0.2, 0.25) is 0 Å². The van der Waals surface area contributed by atoms with Gasteiger partial charge in [-0.05, 0) is 129 Å². The van der Waals surface area contributed by atoms with Crippen molar-refractivity contribution in [1.82, 2.24) is 0 Å². The van der Waals surface area contributed by atoms with E-state index >= 15 is 0 Å². The molecule has 8 aromatic rings. The maximum atomic E-state index is 4.13. The van der Waals surface area contributed by atoms with Crippen LogP contribution in [0.3, 0.4) is 0 Å². The molecule has 0 saturated carbocycles. The van der Waals surface area contributed by atoms with E-state index in [4.69, 9.17) is 0 Å². The van der Waals surface area contributed by atoms with E-state index in [1.54, 1.807) is 6.08 Å². The van der Waals surface area contributed by atoms with E-state index in [-0.39, 0.29) is 0 Å². The summed E-state index contributed by atoms with van der Waals surface area (Å²) in [5, 5.41) is 9.87. The number of hydrogen-bond donors (Lipinski definition) is 0. The van der Waals surface area contributed by atoms with Crippen LogP contribution in [0.4, 0.5) is 22.7 Å². The predicted molar refractivity (Wildman–Crippen MR) is 245 cm³/mol. The number of nitrogens with zero attached hydrogens (tertiary/aromatic N) is 2. The van der Waals surface area contributed by atoms with Crippen LogP contribution in [0.1, 0.15) is 13.8 Å². The number of fused-ring (bicyclic) bond motifs is 7. The summed E-state index contributed by atoms with van der Waals surface area (Å²) in [6, 6.07) is 57.4. The Bertz CT molecular complexity index is 2830. The lowest BCUT2D eigenvalue weighted by molar-refractivity contribution is 1.14. The van der Waals surface area contributed by atoms with Gasteiger partial charge in [-0.3, -0.25) is 0 Å². The lowest BCUT2D eigenvalue weighted by Gasteiger charge is -2.27. The summed E-state index contributed by atoms with van der Waals surface area (Å²) in [6.07, 6.45) is 16.0. The van der Waals surface area contributed by atoms with Crippen molar-refractivity contribution >= 4 is 65.8 Å². The van der Waals surface area contributed by atoms with Gasteiger partial charge in [-0.25, -0.2) is 0 Å². The van der Waals surface area contributed by atoms with Crippen LogP contribution in [0.15, 0.2) is 231 Å². The fourth-order valence-electron chi connectivity index (χ4n) is 7.82.